The van der Waals surface area contributed by atoms with Gasteiger partial charge in [-0.1, -0.05) is 36.4 Å². The first-order valence-electron chi connectivity index (χ1n) is 9.50. The van der Waals surface area contributed by atoms with Gasteiger partial charge in [0.05, 0.1) is 23.7 Å². The average Bonchev–Trinajstić information content (AvgIpc) is 3.41. The number of thiazole rings is 1. The Balaban J connectivity index is 1.19. The van der Waals surface area contributed by atoms with Crippen molar-refractivity contribution >= 4 is 28.6 Å². The van der Waals surface area contributed by atoms with Crippen molar-refractivity contribution in [3.05, 3.63) is 63.8 Å². The van der Waals surface area contributed by atoms with Crippen LogP contribution >= 0.6 is 22.7 Å². The maximum absolute atomic E-state index is 12.2. The molecule has 1 amide bonds. The molecule has 0 spiro atoms. The highest BCUT2D eigenvalue weighted by Gasteiger charge is 2.20. The number of carbonyl (C=O) groups excluding carboxylic acids is 1. The van der Waals surface area contributed by atoms with Crippen molar-refractivity contribution in [2.75, 3.05) is 32.7 Å². The molecule has 28 heavy (non-hydrogen) atoms. The summed E-state index contributed by atoms with van der Waals surface area (Å²) in [5.41, 5.74) is 2.22. The smallest absolute Gasteiger partial charge is 0.234 e. The fraction of sp³-hybridized carbons (Fsp3) is 0.333. The summed E-state index contributed by atoms with van der Waals surface area (Å²) in [4.78, 5) is 22.9. The lowest BCUT2D eigenvalue weighted by Crippen LogP contribution is -2.49. The quantitative estimate of drug-likeness (QED) is 0.647. The number of benzene rings is 1. The molecule has 5 nitrogen and oxygen atoms in total. The van der Waals surface area contributed by atoms with Crippen LogP contribution in [0.1, 0.15) is 10.6 Å². The van der Waals surface area contributed by atoms with Crippen molar-refractivity contribution in [3.63, 3.8) is 0 Å². The fourth-order valence-corrected chi connectivity index (χ4v) is 4.87. The summed E-state index contributed by atoms with van der Waals surface area (Å²) >= 11 is 3.46. The number of nitrogens with one attached hydrogen (secondary N) is 1. The van der Waals surface area contributed by atoms with Gasteiger partial charge in [-0.15, -0.1) is 22.7 Å². The van der Waals surface area contributed by atoms with E-state index < -0.39 is 0 Å². The summed E-state index contributed by atoms with van der Waals surface area (Å²) < 4.78 is 0. The van der Waals surface area contributed by atoms with Crippen LogP contribution in [0.5, 0.6) is 0 Å². The molecule has 1 aliphatic heterocycles. The summed E-state index contributed by atoms with van der Waals surface area (Å²) in [7, 11) is 0. The second-order valence-electron chi connectivity index (χ2n) is 6.92. The van der Waals surface area contributed by atoms with Gasteiger partial charge in [-0.3, -0.25) is 14.6 Å². The van der Waals surface area contributed by atoms with Gasteiger partial charge >= 0.3 is 0 Å². The summed E-state index contributed by atoms with van der Waals surface area (Å²) in [6.45, 7) is 5.74. The van der Waals surface area contributed by atoms with Gasteiger partial charge in [-0.25, -0.2) is 4.98 Å². The maximum atomic E-state index is 12.2. The van der Waals surface area contributed by atoms with Gasteiger partial charge in [0.2, 0.25) is 5.91 Å². The predicted molar refractivity (Wildman–Crippen MR) is 115 cm³/mol. The molecule has 0 saturated carbocycles. The highest BCUT2D eigenvalue weighted by Crippen LogP contribution is 2.26. The lowest BCUT2D eigenvalue weighted by molar-refractivity contribution is -0.122. The molecule has 1 aliphatic rings. The molecule has 0 aliphatic carbocycles. The van der Waals surface area contributed by atoms with E-state index in [4.69, 9.17) is 4.98 Å². The van der Waals surface area contributed by atoms with Gasteiger partial charge in [0, 0.05) is 38.1 Å². The molecule has 3 heterocycles. The third kappa shape index (κ3) is 5.26. The van der Waals surface area contributed by atoms with Crippen LogP contribution in [0.2, 0.25) is 0 Å². The van der Waals surface area contributed by atoms with Crippen molar-refractivity contribution < 1.29 is 4.79 Å². The third-order valence-electron chi connectivity index (χ3n) is 4.85. The molecule has 146 valence electrons. The summed E-state index contributed by atoms with van der Waals surface area (Å²) in [5, 5.41) is 8.41. The van der Waals surface area contributed by atoms with E-state index in [2.05, 4.69) is 38.0 Å². The molecular weight excluding hydrogens is 388 g/mol. The Morgan fingerprint density at radius 3 is 2.54 bits per heavy atom. The zero-order valence-electron chi connectivity index (χ0n) is 15.7. The Labute approximate surface area is 173 Å². The van der Waals surface area contributed by atoms with Crippen molar-refractivity contribution in [3.8, 4) is 10.6 Å². The molecule has 0 bridgehead atoms. The lowest BCUT2D eigenvalue weighted by atomic mass is 10.2. The number of thiophene rings is 1. The summed E-state index contributed by atoms with van der Waals surface area (Å²) in [6.07, 6.45) is 0. The average molecular weight is 413 g/mol. The largest absolute Gasteiger partial charge is 0.351 e. The van der Waals surface area contributed by atoms with E-state index in [1.807, 2.05) is 30.3 Å². The second kappa shape index (κ2) is 9.43. The number of carbonyl (C=O) groups is 1. The number of piperazine rings is 1. The first-order valence-corrected chi connectivity index (χ1v) is 11.3. The molecule has 7 heteroatoms. The normalized spacial score (nSPS) is 15.6. The monoisotopic (exact) mass is 412 g/mol. The topological polar surface area (TPSA) is 48.5 Å². The Hall–Kier alpha value is -2.06. The van der Waals surface area contributed by atoms with Crippen molar-refractivity contribution in [1.82, 2.24) is 20.1 Å². The summed E-state index contributed by atoms with van der Waals surface area (Å²) in [6, 6.07) is 14.2. The molecule has 0 atom stereocenters. The van der Waals surface area contributed by atoms with E-state index in [0.717, 1.165) is 49.0 Å². The van der Waals surface area contributed by atoms with Crippen LogP contribution in [-0.4, -0.2) is 53.4 Å². The van der Waals surface area contributed by atoms with Crippen molar-refractivity contribution in [2.24, 2.45) is 0 Å². The standard InChI is InChI=1S/C21H24N4OS2/c26-20(22-13-17-5-2-1-3-6-17)14-24-8-10-25(11-9-24)15-21-23-18(16-28-21)19-7-4-12-27-19/h1-7,12,16H,8-11,13-15H2,(H,22,26). The van der Waals surface area contributed by atoms with Crippen LogP contribution in [0.25, 0.3) is 10.6 Å². The number of rotatable bonds is 7. The molecule has 3 aromatic rings. The van der Waals surface area contributed by atoms with Crippen LogP contribution in [-0.2, 0) is 17.9 Å². The SMILES string of the molecule is O=C(CN1CCN(Cc2nc(-c3cccs3)cs2)CC1)NCc1ccccc1. The molecule has 2 aromatic heterocycles. The van der Waals surface area contributed by atoms with E-state index in [-0.39, 0.29) is 5.91 Å². The number of hydrogen-bond donors (Lipinski definition) is 1. The van der Waals surface area contributed by atoms with Gasteiger partial charge in [0.15, 0.2) is 0 Å². The van der Waals surface area contributed by atoms with Crippen molar-refractivity contribution in [2.45, 2.75) is 13.1 Å². The molecule has 4 rings (SSSR count). The van der Waals surface area contributed by atoms with Crippen LogP contribution < -0.4 is 5.32 Å². The molecule has 1 N–H and O–H groups in total. The molecule has 1 saturated heterocycles. The molecule has 0 radical (unpaired) electrons. The molecule has 1 aromatic carbocycles. The minimum absolute atomic E-state index is 0.0952. The number of aromatic nitrogens is 1. The Morgan fingerprint density at radius 1 is 1.00 bits per heavy atom. The zero-order chi connectivity index (χ0) is 19.2. The highest BCUT2D eigenvalue weighted by molar-refractivity contribution is 7.14. The Kier molecular flexibility index (Phi) is 6.49. The lowest BCUT2D eigenvalue weighted by Gasteiger charge is -2.33. The van der Waals surface area contributed by atoms with Crippen LogP contribution in [0.15, 0.2) is 53.2 Å². The van der Waals surface area contributed by atoms with Crippen LogP contribution in [0, 0.1) is 0 Å². The number of amides is 1. The third-order valence-corrected chi connectivity index (χ3v) is 6.57. The molecule has 0 unspecified atom stereocenters. The first-order chi connectivity index (χ1) is 13.8. The van der Waals surface area contributed by atoms with E-state index in [1.54, 1.807) is 22.7 Å². The maximum Gasteiger partial charge on any atom is 0.234 e. The Bertz CT molecular complexity index is 871. The van der Waals surface area contributed by atoms with Crippen LogP contribution in [0.3, 0.4) is 0 Å². The van der Waals surface area contributed by atoms with Crippen LogP contribution in [0.4, 0.5) is 0 Å². The fourth-order valence-electron chi connectivity index (χ4n) is 3.27. The van der Waals surface area contributed by atoms with E-state index >= 15 is 0 Å². The summed E-state index contributed by atoms with van der Waals surface area (Å²) in [5.74, 6) is 0.0952. The van der Waals surface area contributed by atoms with Gasteiger partial charge in [0.1, 0.15) is 5.01 Å². The zero-order valence-corrected chi connectivity index (χ0v) is 17.3. The first kappa shape index (κ1) is 19.3. The Morgan fingerprint density at radius 2 is 1.79 bits per heavy atom. The molecular formula is C21H24N4OS2. The number of hydrogen-bond acceptors (Lipinski definition) is 6. The second-order valence-corrected chi connectivity index (χ2v) is 8.81. The number of nitrogens with zero attached hydrogens (tertiary/aromatic N) is 3. The van der Waals surface area contributed by atoms with Gasteiger partial charge in [-0.2, -0.15) is 0 Å². The minimum atomic E-state index is 0.0952. The van der Waals surface area contributed by atoms with E-state index in [9.17, 15) is 4.79 Å². The minimum Gasteiger partial charge on any atom is -0.351 e. The van der Waals surface area contributed by atoms with Crippen molar-refractivity contribution in [1.29, 1.82) is 0 Å². The van der Waals surface area contributed by atoms with Gasteiger partial charge < -0.3 is 5.32 Å². The van der Waals surface area contributed by atoms with Gasteiger partial charge in [0.25, 0.3) is 0 Å². The van der Waals surface area contributed by atoms with Gasteiger partial charge in [-0.05, 0) is 17.0 Å². The highest BCUT2D eigenvalue weighted by atomic mass is 32.1. The van der Waals surface area contributed by atoms with E-state index in [0.29, 0.717) is 13.1 Å². The van der Waals surface area contributed by atoms with E-state index in [1.165, 1.54) is 4.88 Å². The predicted octanol–water partition coefficient (Wildman–Crippen LogP) is 3.31. The molecule has 1 fully saturated rings.